The minimum absolute atomic E-state index is 0.307. The molecule has 34 heavy (non-hydrogen) atoms. The van der Waals surface area contributed by atoms with Gasteiger partial charge in [0.25, 0.3) is 5.56 Å². The molecule has 0 fully saturated rings. The summed E-state index contributed by atoms with van der Waals surface area (Å²) in [5.41, 5.74) is 7.51. The number of aliphatic hydroxyl groups excluding tert-OH is 1. The number of unbranched alkanes of at least 4 members (excludes halogenated alkanes) is 6. The van der Waals surface area contributed by atoms with Crippen LogP contribution in [0.2, 0.25) is 0 Å². The number of anilines is 3. The number of nitrogens with zero attached hydrogens (tertiary/aromatic N) is 3. The number of hydrogen-bond acceptors (Lipinski definition) is 7. The van der Waals surface area contributed by atoms with Crippen LogP contribution >= 0.6 is 0 Å². The third-order valence-electron chi connectivity index (χ3n) is 6.49. The van der Waals surface area contributed by atoms with Crippen LogP contribution in [0.4, 0.5) is 17.2 Å². The molecule has 2 heterocycles. The normalized spacial score (nSPS) is 14.0. The Balaban J connectivity index is 1.22. The number of nitrogens with one attached hydrogen (secondary N) is 2. The molecule has 188 valence electrons. The molecule has 0 spiro atoms. The first-order chi connectivity index (χ1) is 16.4. The highest BCUT2D eigenvalue weighted by Crippen LogP contribution is 2.29. The van der Waals surface area contributed by atoms with E-state index >= 15 is 0 Å². The van der Waals surface area contributed by atoms with Crippen molar-refractivity contribution in [3.8, 4) is 0 Å². The summed E-state index contributed by atoms with van der Waals surface area (Å²) in [5, 5.41) is 13.5. The van der Waals surface area contributed by atoms with Gasteiger partial charge < -0.3 is 26.0 Å². The van der Waals surface area contributed by atoms with Gasteiger partial charge in [0, 0.05) is 39.4 Å². The van der Waals surface area contributed by atoms with Crippen LogP contribution in [0.1, 0.15) is 56.9 Å². The molecule has 2 aromatic rings. The van der Waals surface area contributed by atoms with Gasteiger partial charge in [-0.05, 0) is 30.5 Å². The third-order valence-corrected chi connectivity index (χ3v) is 6.49. The second-order valence-electron chi connectivity index (χ2n) is 9.38. The zero-order valence-corrected chi connectivity index (χ0v) is 20.6. The molecule has 3 rings (SSSR count). The fourth-order valence-electron chi connectivity index (χ4n) is 4.56. The predicted octanol–water partition coefficient (Wildman–Crippen LogP) is 2.14. The van der Waals surface area contributed by atoms with Crippen molar-refractivity contribution in [3.05, 3.63) is 50.7 Å². The van der Waals surface area contributed by atoms with E-state index in [1.807, 2.05) is 36.2 Å². The van der Waals surface area contributed by atoms with E-state index in [4.69, 9.17) is 5.73 Å². The Labute approximate surface area is 201 Å². The lowest BCUT2D eigenvalue weighted by Crippen LogP contribution is -2.32. The number of aliphatic hydroxyl groups is 1. The summed E-state index contributed by atoms with van der Waals surface area (Å²) in [6.07, 6.45) is 8.43. The van der Waals surface area contributed by atoms with E-state index in [1.54, 1.807) is 7.05 Å². The van der Waals surface area contributed by atoms with E-state index in [1.165, 1.54) is 29.4 Å². The Bertz CT molecular complexity index is 1020. The van der Waals surface area contributed by atoms with E-state index < -0.39 is 0 Å². The molecule has 1 unspecified atom stereocenters. The smallest absolute Gasteiger partial charge is 0.329 e. The van der Waals surface area contributed by atoms with Crippen molar-refractivity contribution in [1.29, 1.82) is 0 Å². The number of aromatic nitrogens is 2. The van der Waals surface area contributed by atoms with Crippen LogP contribution in [-0.2, 0) is 13.6 Å². The lowest BCUT2D eigenvalue weighted by atomic mass is 10.1. The highest BCUT2D eigenvalue weighted by molar-refractivity contribution is 5.71. The maximum Gasteiger partial charge on any atom is 0.329 e. The topological polar surface area (TPSA) is 120 Å². The van der Waals surface area contributed by atoms with Crippen molar-refractivity contribution < 1.29 is 5.11 Å². The molecule has 1 aliphatic heterocycles. The molecular formula is C25H40N6O3. The van der Waals surface area contributed by atoms with E-state index in [9.17, 15) is 14.7 Å². The molecule has 0 radical (unpaired) electrons. The number of fused-ring (bicyclic) bond motifs is 1. The molecule has 9 heteroatoms. The summed E-state index contributed by atoms with van der Waals surface area (Å²) in [7, 11) is 3.58. The van der Waals surface area contributed by atoms with Crippen molar-refractivity contribution in [1.82, 2.24) is 14.9 Å². The summed E-state index contributed by atoms with van der Waals surface area (Å²) in [4.78, 5) is 30.5. The summed E-state index contributed by atoms with van der Waals surface area (Å²) >= 11 is 0. The van der Waals surface area contributed by atoms with Crippen molar-refractivity contribution in [2.75, 3.05) is 42.3 Å². The number of aromatic amines is 1. The van der Waals surface area contributed by atoms with Crippen LogP contribution in [0.25, 0.3) is 0 Å². The first-order valence-corrected chi connectivity index (χ1v) is 12.4. The molecule has 1 aromatic carbocycles. The van der Waals surface area contributed by atoms with Crippen LogP contribution < -0.4 is 32.1 Å². The van der Waals surface area contributed by atoms with E-state index in [0.29, 0.717) is 18.9 Å². The summed E-state index contributed by atoms with van der Waals surface area (Å²) in [5.74, 6) is 0.720. The van der Waals surface area contributed by atoms with E-state index in [2.05, 4.69) is 15.2 Å². The quantitative estimate of drug-likeness (QED) is 0.246. The second kappa shape index (κ2) is 12.6. The summed E-state index contributed by atoms with van der Waals surface area (Å²) < 4.78 is 1.53. The molecule has 0 saturated heterocycles. The molecule has 0 amide bonds. The van der Waals surface area contributed by atoms with Crippen LogP contribution in [0, 0.1) is 0 Å². The van der Waals surface area contributed by atoms with Crippen LogP contribution in [0.5, 0.6) is 0 Å². The number of H-pyrrole nitrogens is 1. The number of benzene rings is 1. The highest BCUT2D eigenvalue weighted by atomic mass is 16.3. The molecule has 0 bridgehead atoms. The average Bonchev–Trinajstić information content (AvgIpc) is 3.14. The Morgan fingerprint density at radius 2 is 1.68 bits per heavy atom. The molecule has 9 nitrogen and oxygen atoms in total. The minimum Gasteiger partial charge on any atom is -0.399 e. The maximum absolute atomic E-state index is 12.1. The van der Waals surface area contributed by atoms with Crippen LogP contribution in [-0.4, -0.2) is 47.6 Å². The number of nitrogens with two attached hydrogens (primary N) is 1. The molecule has 1 aliphatic rings. The number of nitrogen functional groups attached to an aromatic ring is 1. The van der Waals surface area contributed by atoms with Crippen molar-refractivity contribution in [2.24, 2.45) is 7.05 Å². The average molecular weight is 473 g/mol. The fraction of sp³-hybridized carbons (Fsp3) is 0.600. The van der Waals surface area contributed by atoms with Gasteiger partial charge in [0.05, 0.1) is 12.8 Å². The van der Waals surface area contributed by atoms with Crippen LogP contribution in [0.3, 0.4) is 0 Å². The second-order valence-corrected chi connectivity index (χ2v) is 9.38. The van der Waals surface area contributed by atoms with Crippen molar-refractivity contribution in [2.45, 2.75) is 64.0 Å². The molecule has 1 atom stereocenters. The number of hydrogen-bond donors (Lipinski definition) is 4. The third kappa shape index (κ3) is 7.11. The van der Waals surface area contributed by atoms with Crippen molar-refractivity contribution in [3.63, 3.8) is 0 Å². The van der Waals surface area contributed by atoms with Gasteiger partial charge in [-0.3, -0.25) is 14.3 Å². The highest BCUT2D eigenvalue weighted by Gasteiger charge is 2.28. The summed E-state index contributed by atoms with van der Waals surface area (Å²) in [6, 6.07) is 7.79. The Morgan fingerprint density at radius 3 is 2.38 bits per heavy atom. The predicted molar refractivity (Wildman–Crippen MR) is 138 cm³/mol. The van der Waals surface area contributed by atoms with Gasteiger partial charge in [-0.15, -0.1) is 0 Å². The van der Waals surface area contributed by atoms with Gasteiger partial charge >= 0.3 is 5.69 Å². The van der Waals surface area contributed by atoms with Gasteiger partial charge in [0.1, 0.15) is 11.5 Å². The van der Waals surface area contributed by atoms with Crippen molar-refractivity contribution >= 4 is 17.2 Å². The Hall–Kier alpha value is -2.78. The molecule has 5 N–H and O–H groups in total. The lowest BCUT2D eigenvalue weighted by molar-refractivity contribution is 0.157. The monoisotopic (exact) mass is 472 g/mol. The van der Waals surface area contributed by atoms with Gasteiger partial charge in [0.15, 0.2) is 0 Å². The summed E-state index contributed by atoms with van der Waals surface area (Å²) in [6.45, 7) is 2.82. The first-order valence-electron chi connectivity index (χ1n) is 12.4. The molecule has 0 saturated carbocycles. The van der Waals surface area contributed by atoms with Gasteiger partial charge in [-0.25, -0.2) is 4.79 Å². The zero-order valence-electron chi connectivity index (χ0n) is 20.6. The van der Waals surface area contributed by atoms with Gasteiger partial charge in [-0.2, -0.15) is 0 Å². The number of rotatable bonds is 14. The van der Waals surface area contributed by atoms with E-state index in [-0.39, 0.29) is 17.4 Å². The fourth-order valence-corrected chi connectivity index (χ4v) is 4.56. The van der Waals surface area contributed by atoms with Crippen LogP contribution in [0.15, 0.2) is 33.9 Å². The standard InChI is InChI=1S/C25H40N6O3/c1-29-18-31(24-22(29)23(33)28-25(34)30(24)2)15-9-7-5-3-4-6-8-10-21(32)17-27-16-19-11-13-20(26)14-12-19/h11-14,21,27,32H,3-10,15-18,26H2,1-2H3,(H,28,33,34). The largest absolute Gasteiger partial charge is 0.399 e. The molecular weight excluding hydrogens is 432 g/mol. The molecule has 0 aliphatic carbocycles. The Morgan fingerprint density at radius 1 is 1.03 bits per heavy atom. The minimum atomic E-state index is -0.369. The lowest BCUT2D eigenvalue weighted by Gasteiger charge is -2.20. The Kier molecular flexibility index (Phi) is 9.59. The molecule has 1 aromatic heterocycles. The SMILES string of the molecule is CN1CN(CCCCCCCCCC(O)CNCc2ccc(N)cc2)c2c1c(=O)[nH]c(=O)n2C. The maximum atomic E-state index is 12.1. The van der Waals surface area contributed by atoms with Gasteiger partial charge in [0.2, 0.25) is 0 Å². The first kappa shape index (κ1) is 25.8. The van der Waals surface area contributed by atoms with Gasteiger partial charge in [-0.1, -0.05) is 50.7 Å². The van der Waals surface area contributed by atoms with E-state index in [0.717, 1.165) is 56.7 Å². The zero-order chi connectivity index (χ0) is 24.5.